The van der Waals surface area contributed by atoms with Crippen LogP contribution in [0.2, 0.25) is 0 Å². The van der Waals surface area contributed by atoms with Crippen molar-refractivity contribution < 1.29 is 15.1 Å². The molecule has 0 saturated heterocycles. The second kappa shape index (κ2) is 25.8. The quantitative estimate of drug-likeness (QED) is 0.249. The van der Waals surface area contributed by atoms with Crippen LogP contribution in [-0.4, -0.2) is 29.6 Å². The largest absolute Gasteiger partial charge is 0.373 e. The van der Waals surface area contributed by atoms with Gasteiger partial charge in [0, 0.05) is 29.6 Å². The molecule has 33 valence electrons. The SMILES string of the molecule is [Cl][Zn][Cl].[N-]=[N+]=[N-].[Na]. The molecule has 3 nitrogen and oxygen atoms in total. The molecule has 0 N–H and O–H groups in total. The molecule has 0 aliphatic rings. The molecule has 0 fully saturated rings. The zero-order valence-corrected chi connectivity index (χ0v) is 10.3. The van der Waals surface area contributed by atoms with Gasteiger partial charge in [-0.05, 0) is 0 Å². The standard InChI is InChI=1S/2ClH.N3.Na.Zn/c;;1-3-2;;/h2*1H;;;/q;;-1;;+2/p-2. The van der Waals surface area contributed by atoms with E-state index in [1.54, 1.807) is 0 Å². The first-order valence-electron chi connectivity index (χ1n) is 0.935. The van der Waals surface area contributed by atoms with Crippen LogP contribution in [0, 0.1) is 0 Å². The summed E-state index contributed by atoms with van der Waals surface area (Å²) in [5.74, 6) is 0. The third kappa shape index (κ3) is 99.7. The molecule has 1 radical (unpaired) electrons. The maximum absolute atomic E-state index is 6.75. The van der Waals surface area contributed by atoms with Crippen molar-refractivity contribution in [3.63, 3.8) is 0 Å². The maximum Gasteiger partial charge on any atom is 0 e. The Hall–Kier alpha value is 1.51. The van der Waals surface area contributed by atoms with E-state index in [2.05, 4.69) is 0 Å². The Morgan fingerprint density at radius 1 is 1.29 bits per heavy atom. The van der Waals surface area contributed by atoms with Crippen LogP contribution >= 0.6 is 19.4 Å². The fourth-order valence-electron chi connectivity index (χ4n) is 0. The zero-order valence-electron chi connectivity index (χ0n) is 3.80. The van der Waals surface area contributed by atoms with Gasteiger partial charge in [-0.2, -0.15) is 0 Å². The molecule has 0 unspecified atom stereocenters. The van der Waals surface area contributed by atoms with Gasteiger partial charge in [0.15, 0.2) is 0 Å². The first-order valence-corrected chi connectivity index (χ1v) is 8.73. The maximum atomic E-state index is 6.75. The molecule has 0 aliphatic heterocycles. The summed E-state index contributed by atoms with van der Waals surface area (Å²) < 4.78 is 0. The van der Waals surface area contributed by atoms with Crippen molar-refractivity contribution in [1.29, 1.82) is 0 Å². The predicted molar refractivity (Wildman–Crippen MR) is 27.5 cm³/mol. The third-order valence-corrected chi connectivity index (χ3v) is 0. The molecule has 0 saturated carbocycles. The van der Waals surface area contributed by atoms with Gasteiger partial charge in [-0.3, -0.25) is 4.91 Å². The topological polar surface area (TPSA) is 58.7 Å². The van der Waals surface area contributed by atoms with Crippen LogP contribution in [0.1, 0.15) is 0 Å². The van der Waals surface area contributed by atoms with Crippen molar-refractivity contribution in [2.75, 3.05) is 0 Å². The van der Waals surface area contributed by atoms with Crippen molar-refractivity contribution in [2.45, 2.75) is 0 Å². The minimum Gasteiger partial charge on any atom is -0.373 e. The van der Waals surface area contributed by atoms with E-state index < -0.39 is 15.1 Å². The summed E-state index contributed by atoms with van der Waals surface area (Å²) in [5, 5.41) is 0. The first-order chi connectivity index (χ1) is 2.83. The molecule has 0 amide bonds. The Morgan fingerprint density at radius 2 is 1.29 bits per heavy atom. The fourth-order valence-corrected chi connectivity index (χ4v) is 0. The number of nitrogens with zero attached hydrogens (tertiary/aromatic N) is 3. The molecule has 0 spiro atoms. The van der Waals surface area contributed by atoms with Crippen molar-refractivity contribution >= 4 is 48.9 Å². The van der Waals surface area contributed by atoms with E-state index in [0.717, 1.165) is 0 Å². The Balaban J connectivity index is -0.0000000400. The minimum absolute atomic E-state index is 0. The zero-order chi connectivity index (χ0) is 5.41. The van der Waals surface area contributed by atoms with Crippen LogP contribution in [-0.2, 0) is 15.1 Å². The van der Waals surface area contributed by atoms with Gasteiger partial charge >= 0.3 is 34.5 Å². The van der Waals surface area contributed by atoms with Crippen molar-refractivity contribution in [1.82, 2.24) is 0 Å². The van der Waals surface area contributed by atoms with Crippen molar-refractivity contribution in [2.24, 2.45) is 0 Å². The summed E-state index contributed by atoms with van der Waals surface area (Å²) in [7, 11) is 9.90. The van der Waals surface area contributed by atoms with Gasteiger partial charge < -0.3 is 11.1 Å². The van der Waals surface area contributed by atoms with Gasteiger partial charge in [-0.25, -0.2) is 0 Å². The van der Waals surface area contributed by atoms with E-state index in [9.17, 15) is 0 Å². The van der Waals surface area contributed by atoms with Crippen LogP contribution in [0.3, 0.4) is 0 Å². The fraction of sp³-hybridized carbons (Fsp3) is 0. The summed E-state index contributed by atoms with van der Waals surface area (Å²) in [6, 6.07) is 0. The van der Waals surface area contributed by atoms with Gasteiger partial charge in [-0.1, -0.05) is 0 Å². The number of rotatable bonds is 0. The van der Waals surface area contributed by atoms with Crippen molar-refractivity contribution in [3.8, 4) is 0 Å². The molecule has 7 heteroatoms. The second-order valence-electron chi connectivity index (χ2n) is 0.190. The summed E-state index contributed by atoms with van der Waals surface area (Å²) in [6.07, 6.45) is 0. The summed E-state index contributed by atoms with van der Waals surface area (Å²) in [6.45, 7) is 0. The average molecular weight is 201 g/mol. The van der Waals surface area contributed by atoms with Crippen LogP contribution in [0.4, 0.5) is 0 Å². The molecule has 0 aromatic rings. The Labute approximate surface area is 79.1 Å². The summed E-state index contributed by atoms with van der Waals surface area (Å²) in [5.41, 5.74) is 13.5. The van der Waals surface area contributed by atoms with Crippen LogP contribution < -0.4 is 0 Å². The second-order valence-corrected chi connectivity index (χ2v) is 4.81. The molecule has 0 aromatic carbocycles. The Kier molecular flexibility index (Phi) is 58.3. The number of hydrogen-bond acceptors (Lipinski definition) is 0. The smallest absolute Gasteiger partial charge is 0 e. The Morgan fingerprint density at radius 3 is 1.29 bits per heavy atom. The Bertz CT molecular complexity index is 42.2. The van der Waals surface area contributed by atoms with Crippen LogP contribution in [0.25, 0.3) is 16.0 Å². The molecule has 0 aliphatic carbocycles. The molecule has 0 heterocycles. The molecule has 0 bridgehead atoms. The first kappa shape index (κ1) is 15.8. The van der Waals surface area contributed by atoms with Gasteiger partial charge in [0.2, 0.25) is 0 Å². The molecule has 0 atom stereocenters. The van der Waals surface area contributed by atoms with Gasteiger partial charge in [-0.15, -0.1) is 0 Å². The van der Waals surface area contributed by atoms with Gasteiger partial charge in [0.25, 0.3) is 0 Å². The van der Waals surface area contributed by atoms with E-state index in [1.165, 1.54) is 4.91 Å². The van der Waals surface area contributed by atoms with E-state index in [0.29, 0.717) is 0 Å². The van der Waals surface area contributed by atoms with Gasteiger partial charge in [0.05, 0.1) is 0 Å². The normalized spacial score (nSPS) is 2.57. The van der Waals surface area contributed by atoms with E-state index in [4.69, 9.17) is 30.4 Å². The van der Waals surface area contributed by atoms with E-state index >= 15 is 0 Å². The summed E-state index contributed by atoms with van der Waals surface area (Å²) in [4.78, 5) is 1.50. The number of halogens is 2. The van der Waals surface area contributed by atoms with Crippen LogP contribution in [0.5, 0.6) is 0 Å². The molecule has 0 aromatic heterocycles. The molecular weight excluding hydrogens is 201 g/mol. The minimum atomic E-state index is -0.931. The molecular formula is Cl2N3NaZn-. The van der Waals surface area contributed by atoms with Gasteiger partial charge in [0.1, 0.15) is 0 Å². The predicted octanol–water partition coefficient (Wildman–Crippen LogP) is 1.86. The molecule has 0 rings (SSSR count). The van der Waals surface area contributed by atoms with Crippen LogP contribution in [0.15, 0.2) is 0 Å². The molecule has 7 heavy (non-hydrogen) atoms. The summed E-state index contributed by atoms with van der Waals surface area (Å²) >= 11 is -0.931. The number of hydrogen-bond donors (Lipinski definition) is 0. The van der Waals surface area contributed by atoms with Crippen molar-refractivity contribution in [3.05, 3.63) is 16.0 Å². The van der Waals surface area contributed by atoms with E-state index in [1.807, 2.05) is 0 Å². The third-order valence-electron chi connectivity index (χ3n) is 0. The monoisotopic (exact) mass is 199 g/mol. The average Bonchev–Trinajstić information content (AvgIpc) is 1.39. The van der Waals surface area contributed by atoms with E-state index in [-0.39, 0.29) is 29.6 Å².